The number of aliphatic carboxylic acids is 1. The van der Waals surface area contributed by atoms with Crippen molar-refractivity contribution in [2.45, 2.75) is 32.3 Å². The van der Waals surface area contributed by atoms with Crippen LogP contribution < -0.4 is 22.1 Å². The molecule has 15 nitrogen and oxygen atoms in total. The number of aromatic nitrogens is 8. The SMILES string of the molecule is C.Cc1cc(C)cc(-c2ncn(/C=C\C(=O)O)n2)c1.II.NNc1ccccn1.O=C(/C=C\n1cnc(-c2cc(C(F)(F)F)cc(S(F)(F)(F)(F)F)c2)n1)NNc1ccccn1. The van der Waals surface area contributed by atoms with E-state index in [-0.39, 0.29) is 19.6 Å². The Balaban J connectivity index is 0.000000379. The highest BCUT2D eigenvalue weighted by atomic mass is 128. The van der Waals surface area contributed by atoms with Gasteiger partial charge in [0.15, 0.2) is 11.6 Å². The summed E-state index contributed by atoms with van der Waals surface area (Å²) >= 11 is 4.24. The molecule has 0 aliphatic heterocycles. The van der Waals surface area contributed by atoms with Gasteiger partial charge in [-0.3, -0.25) is 15.6 Å². The van der Waals surface area contributed by atoms with Crippen LogP contribution in [0.1, 0.15) is 24.1 Å². The van der Waals surface area contributed by atoms with Crippen LogP contribution in [0, 0.1) is 13.8 Å². The molecule has 2 aromatic carbocycles. The summed E-state index contributed by atoms with van der Waals surface area (Å²) in [5.74, 6) is 4.17. The third-order valence-corrected chi connectivity index (χ3v) is 8.10. The fourth-order valence-corrected chi connectivity index (χ4v) is 5.21. The van der Waals surface area contributed by atoms with Crippen molar-refractivity contribution in [3.05, 3.63) is 127 Å². The van der Waals surface area contributed by atoms with Crippen LogP contribution in [0.3, 0.4) is 0 Å². The second-order valence-electron chi connectivity index (χ2n) is 11.8. The molecule has 0 unspecified atom stereocenters. The summed E-state index contributed by atoms with van der Waals surface area (Å²) in [6.07, 6.45) is 4.37. The molecule has 0 aliphatic rings. The van der Waals surface area contributed by atoms with Crippen LogP contribution in [0.5, 0.6) is 0 Å². The zero-order valence-corrected chi connectivity index (χ0v) is 36.3. The summed E-state index contributed by atoms with van der Waals surface area (Å²) < 4.78 is 107. The lowest BCUT2D eigenvalue weighted by Crippen LogP contribution is -2.28. The Morgan fingerprint density at radius 2 is 1.24 bits per heavy atom. The number of carbonyl (C=O) groups excluding carboxylic acids is 1. The van der Waals surface area contributed by atoms with Gasteiger partial charge in [-0.25, -0.2) is 39.9 Å². The number of pyridine rings is 2. The number of rotatable bonds is 10. The molecule has 0 atom stereocenters. The third-order valence-electron chi connectivity index (χ3n) is 6.97. The molecule has 334 valence electrons. The van der Waals surface area contributed by atoms with Crippen molar-refractivity contribution in [2.24, 2.45) is 5.84 Å². The summed E-state index contributed by atoms with van der Waals surface area (Å²) in [4.78, 5) is 34.8. The molecule has 0 saturated heterocycles. The summed E-state index contributed by atoms with van der Waals surface area (Å²) in [5, 5.41) is 16.3. The maximum atomic E-state index is 13.1. The average molecular weight is 1120 g/mol. The molecule has 0 bridgehead atoms. The number of hydrogen-bond donors (Lipinski definition) is 5. The van der Waals surface area contributed by atoms with Gasteiger partial charge in [-0.15, -0.1) is 10.2 Å². The Kier molecular flexibility index (Phi) is 18.5. The third kappa shape index (κ3) is 17.7. The highest BCUT2D eigenvalue weighted by Crippen LogP contribution is 3.02. The lowest BCUT2D eigenvalue weighted by molar-refractivity contribution is -0.137. The summed E-state index contributed by atoms with van der Waals surface area (Å²) in [5.41, 5.74) is 7.44. The van der Waals surface area contributed by atoms with Crippen LogP contribution in [0.2, 0.25) is 0 Å². The van der Waals surface area contributed by atoms with Crippen molar-refractivity contribution < 1.29 is 47.3 Å². The van der Waals surface area contributed by atoms with Crippen molar-refractivity contribution in [2.75, 3.05) is 10.9 Å². The molecule has 0 aliphatic carbocycles. The quantitative estimate of drug-likeness (QED) is 0.0286. The molecule has 0 spiro atoms. The van der Waals surface area contributed by atoms with Gasteiger partial charge in [-0.1, -0.05) is 56.2 Å². The number of aryl methyl sites for hydroxylation is 2. The number of halogens is 10. The molecule has 4 heterocycles. The zero-order chi connectivity index (χ0) is 45.5. The zero-order valence-electron chi connectivity index (χ0n) is 31.2. The number of nitrogens with one attached hydrogen (secondary N) is 3. The summed E-state index contributed by atoms with van der Waals surface area (Å²) in [6, 6.07) is 15.8. The first-order valence-electron chi connectivity index (χ1n) is 16.4. The van der Waals surface area contributed by atoms with Crippen LogP contribution in [-0.4, -0.2) is 56.5 Å². The summed E-state index contributed by atoms with van der Waals surface area (Å²) in [7, 11) is -10.4. The average Bonchev–Trinajstić information content (AvgIpc) is 3.90. The number of carboxylic acids is 1. The molecule has 6 N–H and O–H groups in total. The lowest BCUT2D eigenvalue weighted by Gasteiger charge is -2.40. The van der Waals surface area contributed by atoms with E-state index in [9.17, 15) is 42.2 Å². The van der Waals surface area contributed by atoms with E-state index in [1.165, 1.54) is 23.4 Å². The van der Waals surface area contributed by atoms with Gasteiger partial charge in [0.2, 0.25) is 0 Å². The molecule has 26 heteroatoms. The van der Waals surface area contributed by atoms with Gasteiger partial charge in [-0.2, -0.15) is 13.2 Å². The number of nitrogens with zero attached hydrogens (tertiary/aromatic N) is 8. The molecule has 0 saturated carbocycles. The van der Waals surface area contributed by atoms with E-state index in [0.717, 1.165) is 46.1 Å². The number of alkyl halides is 3. The fourth-order valence-electron chi connectivity index (χ4n) is 4.51. The number of anilines is 2. The van der Waals surface area contributed by atoms with E-state index in [2.05, 4.69) is 89.7 Å². The molecule has 6 rings (SSSR count). The predicted octanol–water partition coefficient (Wildman–Crippen LogP) is 10.5. The number of carbonyl (C=O) groups is 2. The monoisotopic (exact) mass is 1120 g/mol. The molecule has 62 heavy (non-hydrogen) atoms. The summed E-state index contributed by atoms with van der Waals surface area (Å²) in [6.45, 7) is 4.02. The fraction of sp³-hybridized carbons (Fsp3) is 0.111. The molecule has 4 aromatic heterocycles. The molecular formula is C36H36F8I2N12O3S. The minimum absolute atomic E-state index is 0. The molecule has 0 radical (unpaired) electrons. The van der Waals surface area contributed by atoms with Crippen molar-refractivity contribution >= 4 is 83.4 Å². The smallest absolute Gasteiger partial charge is 0.416 e. The maximum absolute atomic E-state index is 13.1. The first-order valence-corrected chi connectivity index (χ1v) is 24.7. The molecule has 6 aromatic rings. The van der Waals surface area contributed by atoms with E-state index in [4.69, 9.17) is 10.9 Å². The number of amides is 1. The van der Waals surface area contributed by atoms with E-state index >= 15 is 0 Å². The highest BCUT2D eigenvalue weighted by Gasteiger charge is 2.66. The van der Waals surface area contributed by atoms with E-state index < -0.39 is 56.2 Å². The van der Waals surface area contributed by atoms with Crippen molar-refractivity contribution in [1.29, 1.82) is 0 Å². The predicted molar refractivity (Wildman–Crippen MR) is 238 cm³/mol. The van der Waals surface area contributed by atoms with Gasteiger partial charge >= 0.3 is 22.4 Å². The Labute approximate surface area is 372 Å². The lowest BCUT2D eigenvalue weighted by atomic mass is 10.1. The van der Waals surface area contributed by atoms with Crippen LogP contribution >= 0.6 is 47.5 Å². The molecular weight excluding hydrogens is 1090 g/mol. The van der Waals surface area contributed by atoms with Crippen LogP contribution in [-0.2, 0) is 15.8 Å². The minimum atomic E-state index is -10.4. The van der Waals surface area contributed by atoms with E-state index in [0.29, 0.717) is 17.5 Å². The molecule has 1 amide bonds. The Morgan fingerprint density at radius 3 is 1.68 bits per heavy atom. The minimum Gasteiger partial charge on any atom is -0.478 e. The van der Waals surface area contributed by atoms with Crippen molar-refractivity contribution in [1.82, 2.24) is 44.9 Å². The molecule has 0 fully saturated rings. The number of benzene rings is 2. The Bertz CT molecular complexity index is 2440. The Hall–Kier alpha value is -5.75. The van der Waals surface area contributed by atoms with Gasteiger partial charge in [0.1, 0.15) is 29.2 Å². The Morgan fingerprint density at radius 1 is 0.742 bits per heavy atom. The number of hydrogen-bond acceptors (Lipinski definition) is 11. The number of hydrazine groups is 2. The van der Waals surface area contributed by atoms with E-state index in [1.807, 2.05) is 38.1 Å². The van der Waals surface area contributed by atoms with Gasteiger partial charge in [-0.05, 0) is 68.4 Å². The highest BCUT2D eigenvalue weighted by molar-refractivity contribution is 15.0. The largest absolute Gasteiger partial charge is 0.478 e. The van der Waals surface area contributed by atoms with Gasteiger partial charge in [0.25, 0.3) is 5.91 Å². The van der Waals surface area contributed by atoms with Crippen LogP contribution in [0.4, 0.5) is 44.2 Å². The maximum Gasteiger partial charge on any atom is 0.416 e. The first-order chi connectivity index (χ1) is 28.5. The first kappa shape index (κ1) is 52.4. The normalized spacial score (nSPS) is 12.1. The standard InChI is InChI=1S/C17H12F8N6OS.C13H13N3O2.C5H7N3.CH4.I2/c18-17(19,20)12-7-11(8-13(9-12)33(21,22,23,24)25)16-27-10-31(30-16)6-4-15(32)29-28-14-3-1-2-5-26-14;1-9-5-10(2)7-11(6-9)13-14-8-16(15-13)4-3-12(17)18;6-8-5-3-1-2-4-7-5;;1-2/h1-10H,(H,26,28)(H,29,32);3-8H,1-2H3,(H,17,18);1-4H,6H2,(H,7,8);1H4;/b6-4-;4-3-;;;. The number of nitrogens with two attached hydrogens (primary N) is 1. The van der Waals surface area contributed by atoms with Gasteiger partial charge < -0.3 is 10.5 Å². The van der Waals surface area contributed by atoms with Crippen LogP contribution in [0.25, 0.3) is 35.2 Å². The number of carboxylic acid groups (broad SMARTS) is 1. The topological polar surface area (TPSA) is 204 Å². The van der Waals surface area contributed by atoms with Gasteiger partial charge in [0.05, 0.1) is 5.56 Å². The van der Waals surface area contributed by atoms with Crippen molar-refractivity contribution in [3.8, 4) is 22.8 Å². The second kappa shape index (κ2) is 21.9. The van der Waals surface area contributed by atoms with Crippen LogP contribution in [0.15, 0.2) is 115 Å². The van der Waals surface area contributed by atoms with E-state index in [1.54, 1.807) is 30.5 Å². The van der Waals surface area contributed by atoms with Gasteiger partial charge in [0, 0.05) is 85.3 Å². The number of nitrogen functional groups attached to an aromatic ring is 1. The second-order valence-corrected chi connectivity index (χ2v) is 14.3. The van der Waals surface area contributed by atoms with Crippen molar-refractivity contribution in [3.63, 3.8) is 0 Å².